The summed E-state index contributed by atoms with van der Waals surface area (Å²) in [5.74, 6) is 0. The molecule has 0 amide bonds. The molecule has 4 rings (SSSR count). The molecule has 0 aromatic heterocycles. The fourth-order valence-electron chi connectivity index (χ4n) is 3.46. The molecule has 0 saturated carbocycles. The van der Waals surface area contributed by atoms with E-state index in [0.717, 1.165) is 0 Å². The van der Waals surface area contributed by atoms with Crippen molar-refractivity contribution in [2.75, 3.05) is 0 Å². The quantitative estimate of drug-likeness (QED) is 0.368. The third-order valence-corrected chi connectivity index (χ3v) is 4.88. The highest BCUT2D eigenvalue weighted by atomic mass is 14.1. The van der Waals surface area contributed by atoms with E-state index in [4.69, 9.17) is 0 Å². The maximum absolute atomic E-state index is 2.28. The van der Waals surface area contributed by atoms with Crippen molar-refractivity contribution in [1.29, 1.82) is 0 Å². The molecule has 0 aliphatic rings. The highest BCUT2D eigenvalue weighted by Gasteiger charge is 2.05. The van der Waals surface area contributed by atoms with Crippen LogP contribution >= 0.6 is 0 Å². The summed E-state index contributed by atoms with van der Waals surface area (Å²) in [6.45, 7) is 4.32. The molecule has 126 valence electrons. The minimum atomic E-state index is 1.25. The Balaban J connectivity index is 1.65. The Bertz CT molecular complexity index is 1030. The van der Waals surface area contributed by atoms with Crippen molar-refractivity contribution in [3.05, 3.63) is 108 Å². The van der Waals surface area contributed by atoms with Gasteiger partial charge in [-0.3, -0.25) is 0 Å². The van der Waals surface area contributed by atoms with Gasteiger partial charge in [-0.15, -0.1) is 0 Å². The molecule has 4 aromatic carbocycles. The summed E-state index contributed by atoms with van der Waals surface area (Å²) in [6, 6.07) is 34.8. The molecule has 4 aromatic rings. The van der Waals surface area contributed by atoms with Crippen LogP contribution in [-0.4, -0.2) is 0 Å². The zero-order chi connectivity index (χ0) is 17.9. The Morgan fingerprint density at radius 3 is 1.62 bits per heavy atom. The standard InChI is InChI=1S/C26H22/c1-19-7-6-10-24(17-19)21-11-13-22(14-12-21)25-15-16-26(20(2)18-25)23-8-4-3-5-9-23/h3-18H,1-2H3. The van der Waals surface area contributed by atoms with Crippen LogP contribution in [0.5, 0.6) is 0 Å². The molecule has 0 atom stereocenters. The summed E-state index contributed by atoms with van der Waals surface area (Å²) < 4.78 is 0. The van der Waals surface area contributed by atoms with Gasteiger partial charge in [-0.05, 0) is 52.8 Å². The molecule has 0 saturated heterocycles. The molecule has 0 fully saturated rings. The molecular weight excluding hydrogens is 312 g/mol. The first-order valence-electron chi connectivity index (χ1n) is 9.04. The van der Waals surface area contributed by atoms with E-state index in [1.807, 2.05) is 0 Å². The van der Waals surface area contributed by atoms with Gasteiger partial charge in [0.2, 0.25) is 0 Å². The fraction of sp³-hybridized carbons (Fsp3) is 0.0769. The summed E-state index contributed by atoms with van der Waals surface area (Å²) >= 11 is 0. The maximum atomic E-state index is 2.28. The Kier molecular flexibility index (Phi) is 4.41. The van der Waals surface area contributed by atoms with Crippen molar-refractivity contribution in [2.24, 2.45) is 0 Å². The second-order valence-electron chi connectivity index (χ2n) is 6.84. The van der Waals surface area contributed by atoms with Crippen LogP contribution in [0.2, 0.25) is 0 Å². The normalized spacial score (nSPS) is 10.7. The molecule has 0 N–H and O–H groups in total. The first kappa shape index (κ1) is 16.4. The summed E-state index contributed by atoms with van der Waals surface area (Å²) in [5, 5.41) is 0. The molecule has 0 radical (unpaired) electrons. The van der Waals surface area contributed by atoms with Gasteiger partial charge < -0.3 is 0 Å². The van der Waals surface area contributed by atoms with Gasteiger partial charge in [0, 0.05) is 0 Å². The molecule has 0 heterocycles. The predicted molar refractivity (Wildman–Crippen MR) is 112 cm³/mol. The van der Waals surface area contributed by atoms with Crippen LogP contribution in [0.4, 0.5) is 0 Å². The highest BCUT2D eigenvalue weighted by molar-refractivity contribution is 5.75. The summed E-state index contributed by atoms with van der Waals surface area (Å²) in [7, 11) is 0. The first-order valence-corrected chi connectivity index (χ1v) is 9.04. The van der Waals surface area contributed by atoms with E-state index in [0.29, 0.717) is 0 Å². The zero-order valence-electron chi connectivity index (χ0n) is 15.2. The van der Waals surface area contributed by atoms with Gasteiger partial charge >= 0.3 is 0 Å². The molecule has 0 nitrogen and oxygen atoms in total. The highest BCUT2D eigenvalue weighted by Crippen LogP contribution is 2.30. The van der Waals surface area contributed by atoms with Crippen molar-refractivity contribution in [2.45, 2.75) is 13.8 Å². The van der Waals surface area contributed by atoms with Gasteiger partial charge in [-0.1, -0.05) is 103 Å². The zero-order valence-corrected chi connectivity index (χ0v) is 15.2. The maximum Gasteiger partial charge on any atom is -0.0154 e. The lowest BCUT2D eigenvalue weighted by atomic mass is 9.94. The number of benzene rings is 4. The largest absolute Gasteiger partial charge is 0.0622 e. The van der Waals surface area contributed by atoms with Crippen LogP contribution in [0.1, 0.15) is 11.1 Å². The van der Waals surface area contributed by atoms with Gasteiger partial charge in [-0.2, -0.15) is 0 Å². The van der Waals surface area contributed by atoms with E-state index in [1.165, 1.54) is 44.5 Å². The fourth-order valence-corrected chi connectivity index (χ4v) is 3.46. The average Bonchev–Trinajstić information content (AvgIpc) is 2.69. The number of aryl methyl sites for hydroxylation is 2. The van der Waals surface area contributed by atoms with Crippen LogP contribution in [0, 0.1) is 13.8 Å². The number of hydrogen-bond acceptors (Lipinski definition) is 0. The minimum absolute atomic E-state index is 1.25. The summed E-state index contributed by atoms with van der Waals surface area (Å²) in [5.41, 5.74) is 10.2. The lowest BCUT2D eigenvalue weighted by Gasteiger charge is -2.10. The number of rotatable bonds is 3. The van der Waals surface area contributed by atoms with E-state index < -0.39 is 0 Å². The average molecular weight is 334 g/mol. The van der Waals surface area contributed by atoms with Crippen molar-refractivity contribution in [1.82, 2.24) is 0 Å². The van der Waals surface area contributed by atoms with E-state index in [2.05, 4.69) is 111 Å². The molecule has 0 spiro atoms. The smallest absolute Gasteiger partial charge is 0.0154 e. The third kappa shape index (κ3) is 3.32. The van der Waals surface area contributed by atoms with Crippen LogP contribution in [0.15, 0.2) is 97.1 Å². The molecule has 0 aliphatic carbocycles. The lowest BCUT2D eigenvalue weighted by Crippen LogP contribution is -1.86. The van der Waals surface area contributed by atoms with Crippen LogP contribution in [0.3, 0.4) is 0 Å². The molecule has 0 unspecified atom stereocenters. The topological polar surface area (TPSA) is 0 Å². The van der Waals surface area contributed by atoms with E-state index in [1.54, 1.807) is 0 Å². The van der Waals surface area contributed by atoms with Crippen LogP contribution < -0.4 is 0 Å². The van der Waals surface area contributed by atoms with Crippen molar-refractivity contribution >= 4 is 0 Å². The minimum Gasteiger partial charge on any atom is -0.0622 e. The third-order valence-electron chi connectivity index (χ3n) is 4.88. The second kappa shape index (κ2) is 7.01. The first-order chi connectivity index (χ1) is 12.7. The molecular formula is C26H22. The lowest BCUT2D eigenvalue weighted by molar-refractivity contribution is 1.45. The van der Waals surface area contributed by atoms with Crippen LogP contribution in [0.25, 0.3) is 33.4 Å². The van der Waals surface area contributed by atoms with Gasteiger partial charge in [0.15, 0.2) is 0 Å². The second-order valence-corrected chi connectivity index (χ2v) is 6.84. The molecule has 0 aliphatic heterocycles. The van der Waals surface area contributed by atoms with E-state index in [-0.39, 0.29) is 0 Å². The monoisotopic (exact) mass is 334 g/mol. The summed E-state index contributed by atoms with van der Waals surface area (Å²) in [4.78, 5) is 0. The Morgan fingerprint density at radius 2 is 1.00 bits per heavy atom. The molecule has 0 bridgehead atoms. The van der Waals surface area contributed by atoms with Gasteiger partial charge in [-0.25, -0.2) is 0 Å². The van der Waals surface area contributed by atoms with Crippen molar-refractivity contribution in [3.63, 3.8) is 0 Å². The Labute approximate surface area is 155 Å². The van der Waals surface area contributed by atoms with Gasteiger partial charge in [0.05, 0.1) is 0 Å². The van der Waals surface area contributed by atoms with E-state index in [9.17, 15) is 0 Å². The van der Waals surface area contributed by atoms with Crippen LogP contribution in [-0.2, 0) is 0 Å². The van der Waals surface area contributed by atoms with E-state index >= 15 is 0 Å². The van der Waals surface area contributed by atoms with Crippen molar-refractivity contribution in [3.8, 4) is 33.4 Å². The predicted octanol–water partition coefficient (Wildman–Crippen LogP) is 7.30. The Hall–Kier alpha value is -3.12. The Morgan fingerprint density at radius 1 is 0.423 bits per heavy atom. The summed E-state index contributed by atoms with van der Waals surface area (Å²) in [6.07, 6.45) is 0. The molecule has 26 heavy (non-hydrogen) atoms. The van der Waals surface area contributed by atoms with Crippen molar-refractivity contribution < 1.29 is 0 Å². The molecule has 0 heteroatoms. The van der Waals surface area contributed by atoms with Gasteiger partial charge in [0.1, 0.15) is 0 Å². The number of hydrogen-bond donors (Lipinski definition) is 0. The SMILES string of the molecule is Cc1cccc(-c2ccc(-c3ccc(-c4ccccc4)c(C)c3)cc2)c1. The van der Waals surface area contributed by atoms with Gasteiger partial charge in [0.25, 0.3) is 0 Å².